The molecule has 6 aromatic rings. The normalized spacial score (nSPS) is 18.8. The molecule has 6 unspecified atom stereocenters. The second-order valence-corrected chi connectivity index (χ2v) is 27.2. The van der Waals surface area contributed by atoms with Gasteiger partial charge in [-0.3, -0.25) is 43.3 Å². The first-order chi connectivity index (χ1) is 46.2. The molecular weight excluding hydrogens is 1820 g/mol. The van der Waals surface area contributed by atoms with Crippen molar-refractivity contribution >= 4 is 76.9 Å². The Morgan fingerprint density at radius 2 is 1.47 bits per heavy atom. The van der Waals surface area contributed by atoms with Crippen molar-refractivity contribution in [3.8, 4) is 45.9 Å². The molecule has 1 saturated heterocycles. The number of alkyl carbamates (subject to hydrolysis) is 1. The number of likely N-dealkylation sites (N-methyl/N-ethyl adjacent to an activating group) is 1. The molecule has 0 saturated carbocycles. The van der Waals surface area contributed by atoms with Crippen LogP contribution in [0.2, 0.25) is 0 Å². The predicted octanol–water partition coefficient (Wildman–Crippen LogP) is 8.01. The first-order valence-electron chi connectivity index (χ1n) is 30.6. The summed E-state index contributed by atoms with van der Waals surface area (Å²) in [4.78, 5) is 122. The van der Waals surface area contributed by atoms with Crippen molar-refractivity contribution in [2.24, 2.45) is 0 Å². The van der Waals surface area contributed by atoms with Gasteiger partial charge in [-0.15, -0.1) is 0 Å². The fourth-order valence-electron chi connectivity index (χ4n) is 14.1. The number of carbonyl (C=O) groups is 7. The number of carbonyl (C=O) groups excluding carboxylic acids is 6. The van der Waals surface area contributed by atoms with E-state index in [1.807, 2.05) is 71.4 Å². The van der Waals surface area contributed by atoms with Gasteiger partial charge in [-0.1, -0.05) is 100 Å². The summed E-state index contributed by atoms with van der Waals surface area (Å²) in [6, 6.07) is 28.0. The van der Waals surface area contributed by atoms with Crippen LogP contribution in [0.4, 0.5) is 15.3 Å². The molecule has 5 N–H and O–H groups in total. The molecular formula is C67H66Fm2N7O19PS2. The van der Waals surface area contributed by atoms with Gasteiger partial charge in [0.15, 0.2) is 23.0 Å². The van der Waals surface area contributed by atoms with E-state index in [9.17, 15) is 53.5 Å². The van der Waals surface area contributed by atoms with Crippen LogP contribution in [-0.2, 0) is 45.8 Å². The van der Waals surface area contributed by atoms with Crippen LogP contribution in [0, 0.1) is 25.2 Å². The third-order valence-corrected chi connectivity index (χ3v) is 20.9. The summed E-state index contributed by atoms with van der Waals surface area (Å²) >= 11 is 0. The molecule has 6 aliphatic rings. The molecule has 1 fully saturated rings. The topological polar surface area (TPSA) is 332 Å². The van der Waals surface area contributed by atoms with Gasteiger partial charge in [0.2, 0.25) is 12.7 Å². The van der Waals surface area contributed by atoms with Crippen molar-refractivity contribution in [2.45, 2.75) is 80.7 Å². The van der Waals surface area contributed by atoms with Gasteiger partial charge in [-0.05, 0) is 91.4 Å². The van der Waals surface area contributed by atoms with Gasteiger partial charge in [0.05, 0.1) is 61.8 Å². The number of hydrogen-bond acceptors (Lipinski definition) is 21. The van der Waals surface area contributed by atoms with Crippen LogP contribution in [0.5, 0.6) is 28.7 Å². The van der Waals surface area contributed by atoms with E-state index in [4.69, 9.17) is 33.2 Å². The van der Waals surface area contributed by atoms with E-state index in [0.717, 1.165) is 54.3 Å². The van der Waals surface area contributed by atoms with Crippen LogP contribution in [0.3, 0.4) is 0 Å². The van der Waals surface area contributed by atoms with Crippen LogP contribution in [0.25, 0.3) is 11.1 Å². The zero-order valence-electron chi connectivity index (χ0n) is 53.1. The molecule has 12 rings (SSSR count). The number of esters is 1. The molecule has 5 aliphatic heterocycles. The number of fused-ring (bicyclic) bond motifs is 13. The van der Waals surface area contributed by atoms with Gasteiger partial charge < -0.3 is 58.7 Å². The number of hydrogen-bond donors (Lipinski definition) is 5. The number of ether oxygens (including phenoxy) is 7. The fourth-order valence-corrected chi connectivity index (χ4v) is 16.8. The Morgan fingerprint density at radius 1 is 0.827 bits per heavy atom. The Bertz CT molecular complexity index is 4170. The van der Waals surface area contributed by atoms with Gasteiger partial charge in [0.1, 0.15) is 31.0 Å². The maximum atomic E-state index is 15.6. The standard InChI is InChI=1S/C67H66N7O19PS2.2Fm/c1-35-26-38-27-49-51(29-68)74-50(28-45-56(61-60(89-34-90-61)36(2)59(45)92-37(3)75)52(74)30-73-64(79)43-18-10-11-19-44(43)65(73)80)57(71(49)4)55(38)62(58(35)86-5)93-67(82)72(23-25-87-32-54(76)77)48-20-12-13-21-53(48)96-95-33-47(63(78)69-22-24-91-94(83,84)85)70-66(81)88-31-46-41-16-8-6-14-39(41)40-15-7-9-17-42(40)46;;/h6-21,26,46-47,49-52,57H,22-25,27-28,30-34H2,1-5H3,(H,69,78)(H,70,81)(H,76,77)(H2,83,84,85);;. The summed E-state index contributed by atoms with van der Waals surface area (Å²) in [6.45, 7) is 2.10. The number of imide groups is 1. The van der Waals surface area contributed by atoms with E-state index >= 15 is 4.79 Å². The first kappa shape index (κ1) is 69.8. The average Bonchev–Trinajstić information content (AvgIpc) is 0.855. The van der Waals surface area contributed by atoms with Crippen LogP contribution >= 0.6 is 29.4 Å². The minimum absolute atomic E-state index is 0. The summed E-state index contributed by atoms with van der Waals surface area (Å²) in [5.74, 6) is -3.15. The number of rotatable bonds is 23. The molecule has 0 aromatic heterocycles. The van der Waals surface area contributed by atoms with Crippen molar-refractivity contribution in [1.82, 2.24) is 25.3 Å². The zero-order valence-corrected chi connectivity index (χ0v) is 60.4. The summed E-state index contributed by atoms with van der Waals surface area (Å²) in [6.07, 6.45) is -1.57. The van der Waals surface area contributed by atoms with E-state index < -0.39 is 99.1 Å². The van der Waals surface area contributed by atoms with Crippen molar-refractivity contribution in [3.63, 3.8) is 0 Å². The largest absolute Gasteiger partial charge is 0.493 e. The number of para-hydroxylation sites is 1. The van der Waals surface area contributed by atoms with Crippen molar-refractivity contribution in [3.05, 3.63) is 159 Å². The number of phosphoric ester groups is 1. The number of nitriles is 1. The van der Waals surface area contributed by atoms with E-state index in [0.29, 0.717) is 44.2 Å². The van der Waals surface area contributed by atoms with E-state index in [2.05, 4.69) is 21.2 Å². The summed E-state index contributed by atoms with van der Waals surface area (Å²) in [5, 5.41) is 26.3. The molecule has 0 radical (unpaired) electrons. The average molecular weight is 1880 g/mol. The monoisotopic (exact) mass is 1880 g/mol. The maximum absolute atomic E-state index is 15.6. The number of amides is 5. The summed E-state index contributed by atoms with van der Waals surface area (Å²) < 4.78 is 58.6. The second kappa shape index (κ2) is 28.7. The van der Waals surface area contributed by atoms with Crippen LogP contribution in [-0.4, -0.2) is 168 Å². The minimum Gasteiger partial charge on any atom is -0.493 e. The molecule has 2 bridgehead atoms. The van der Waals surface area contributed by atoms with E-state index in [1.54, 1.807) is 62.4 Å². The minimum atomic E-state index is -4.88. The molecule has 524 valence electrons. The Hall–Kier alpha value is -11.0. The number of methoxy groups -OCH3 is 1. The third kappa shape index (κ3) is 13.2. The van der Waals surface area contributed by atoms with Crippen molar-refractivity contribution in [1.29, 1.82) is 5.26 Å². The summed E-state index contributed by atoms with van der Waals surface area (Å²) in [5.41, 5.74) is 7.86. The van der Waals surface area contributed by atoms with Gasteiger partial charge in [0, 0.05) is 70.9 Å². The molecule has 98 heavy (non-hydrogen) atoms. The smallest absolute Gasteiger partial charge is 0.469 e. The zero-order chi connectivity index (χ0) is 67.9. The Labute approximate surface area is 558 Å². The Morgan fingerprint density at radius 3 is 2.11 bits per heavy atom. The van der Waals surface area contributed by atoms with Crippen molar-refractivity contribution in [2.75, 3.05) is 77.7 Å². The maximum Gasteiger partial charge on any atom is 0.469 e. The van der Waals surface area contributed by atoms with Gasteiger partial charge in [-0.2, -0.15) is 5.26 Å². The predicted molar refractivity (Wildman–Crippen MR) is 347 cm³/mol. The Kier molecular flexibility index (Phi) is 20.5. The number of nitrogens with zero attached hydrogens (tertiary/aromatic N) is 5. The molecule has 5 amide bonds. The number of anilines is 1. The number of piperazine rings is 1. The second-order valence-electron chi connectivity index (χ2n) is 23.5. The number of benzene rings is 6. The van der Waals surface area contributed by atoms with Gasteiger partial charge in [-0.25, -0.2) is 18.9 Å². The number of nitrogens with one attached hydrogen (secondary N) is 2. The van der Waals surface area contributed by atoms with Gasteiger partial charge >= 0.3 is 31.9 Å². The molecule has 5 heterocycles. The van der Waals surface area contributed by atoms with Crippen LogP contribution in [0.1, 0.15) is 90.1 Å². The van der Waals surface area contributed by atoms with E-state index in [1.165, 1.54) is 18.9 Å². The first-order valence-corrected chi connectivity index (χ1v) is 34.5. The SMILES string of the molecule is COc1c(C)cc2c(c1OC(=O)N(CCOCC(=O)O)c1ccccc1SSCC(NC(=O)OCC1c3ccccc3-c3ccccc31)C(=O)NCCOP(=O)(O)O)C1C3Cc4c(OC(C)=O)c(C)c5c(c4C(CN4C(=O)c6ccccc6C4=O)N3C(C#N)C(C2)N1C)OCO5.[Fm].[Fm]. The number of aryl methyl sites for hydroxylation is 1. The van der Waals surface area contributed by atoms with Crippen LogP contribution < -0.4 is 39.2 Å². The Balaban J connectivity index is 0.00000520. The number of phosphoric acid groups is 1. The quantitative estimate of drug-likeness (QED) is 0.0101. The molecule has 1 aliphatic carbocycles. The number of carboxylic acids is 1. The molecule has 6 atom stereocenters. The molecule has 31 heteroatoms. The number of carboxylic acid groups (broad SMARTS) is 1. The summed E-state index contributed by atoms with van der Waals surface area (Å²) in [7, 11) is 0.630. The third-order valence-electron chi connectivity index (χ3n) is 18.0. The molecule has 6 aromatic carbocycles. The van der Waals surface area contributed by atoms with Crippen molar-refractivity contribution < 1.29 is 90.7 Å². The van der Waals surface area contributed by atoms with Gasteiger partial charge in [0.25, 0.3) is 11.8 Å². The fraction of sp³-hybridized carbons (Fsp3) is 0.343. The molecule has 0 spiro atoms. The van der Waals surface area contributed by atoms with Crippen LogP contribution in [0.15, 0.2) is 108 Å². The molecule has 26 nitrogen and oxygen atoms in total. The van der Waals surface area contributed by atoms with E-state index in [-0.39, 0.29) is 98.2 Å². The number of aliphatic carboxylic acids is 1.